The molecule has 1 N–H and O–H groups in total. The molecule has 1 rings (SSSR count). The van der Waals surface area contributed by atoms with Gasteiger partial charge in [0.05, 0.1) is 16.0 Å². The Morgan fingerprint density at radius 1 is 1.85 bits per heavy atom. The molecule has 3 nitrogen and oxygen atoms in total. The standard InChI is InChI=1S/C8H7ClN2OS/c1-5-6(9)4-7(13-5)8(12)11-3-2-10/h4H,3H2,1H3,(H,11,12). The molecule has 0 radical (unpaired) electrons. The predicted octanol–water partition coefficient (Wildman–Crippen LogP) is 1.96. The predicted molar refractivity (Wildman–Crippen MR) is 52.0 cm³/mol. The van der Waals surface area contributed by atoms with Gasteiger partial charge >= 0.3 is 0 Å². The molecule has 0 bridgehead atoms. The molecule has 0 saturated heterocycles. The Morgan fingerprint density at radius 2 is 2.54 bits per heavy atom. The van der Waals surface area contributed by atoms with Crippen molar-refractivity contribution in [3.63, 3.8) is 0 Å². The van der Waals surface area contributed by atoms with Crippen molar-refractivity contribution in [3.05, 3.63) is 20.8 Å². The molecule has 0 fully saturated rings. The minimum atomic E-state index is -0.249. The van der Waals surface area contributed by atoms with Crippen LogP contribution < -0.4 is 5.32 Å². The van der Waals surface area contributed by atoms with Crippen LogP contribution in [0.3, 0.4) is 0 Å². The smallest absolute Gasteiger partial charge is 0.262 e. The minimum Gasteiger partial charge on any atom is -0.338 e. The number of nitriles is 1. The zero-order chi connectivity index (χ0) is 9.84. The van der Waals surface area contributed by atoms with Crippen LogP contribution in [0.1, 0.15) is 14.5 Å². The third-order valence-electron chi connectivity index (χ3n) is 1.41. The molecular formula is C8H7ClN2OS. The number of rotatable bonds is 2. The van der Waals surface area contributed by atoms with Crippen LogP contribution in [-0.4, -0.2) is 12.5 Å². The SMILES string of the molecule is Cc1sc(C(=O)NCC#N)cc1Cl. The van der Waals surface area contributed by atoms with Gasteiger partial charge in [0, 0.05) is 4.88 Å². The fourth-order valence-corrected chi connectivity index (χ4v) is 1.90. The van der Waals surface area contributed by atoms with E-state index in [0.717, 1.165) is 4.88 Å². The molecule has 0 saturated carbocycles. The Balaban J connectivity index is 2.73. The molecule has 1 aromatic heterocycles. The van der Waals surface area contributed by atoms with E-state index in [9.17, 15) is 4.79 Å². The molecule has 1 amide bonds. The van der Waals surface area contributed by atoms with Gasteiger partial charge < -0.3 is 5.32 Å². The summed E-state index contributed by atoms with van der Waals surface area (Å²) in [5, 5.41) is 11.3. The van der Waals surface area contributed by atoms with Crippen LogP contribution in [0.2, 0.25) is 5.02 Å². The monoisotopic (exact) mass is 214 g/mol. The van der Waals surface area contributed by atoms with E-state index in [4.69, 9.17) is 16.9 Å². The van der Waals surface area contributed by atoms with Crippen molar-refractivity contribution in [3.8, 4) is 6.07 Å². The first-order valence-electron chi connectivity index (χ1n) is 3.56. The molecule has 0 aromatic carbocycles. The molecule has 5 heteroatoms. The van der Waals surface area contributed by atoms with Gasteiger partial charge in [0.25, 0.3) is 5.91 Å². The van der Waals surface area contributed by atoms with Crippen LogP contribution in [0.5, 0.6) is 0 Å². The summed E-state index contributed by atoms with van der Waals surface area (Å²) in [7, 11) is 0. The van der Waals surface area contributed by atoms with Gasteiger partial charge in [0.15, 0.2) is 0 Å². The molecule has 1 aromatic rings. The van der Waals surface area contributed by atoms with Gasteiger partial charge in [-0.15, -0.1) is 11.3 Å². The average Bonchev–Trinajstić information content (AvgIpc) is 2.43. The van der Waals surface area contributed by atoms with E-state index in [2.05, 4.69) is 5.32 Å². The molecule has 68 valence electrons. The van der Waals surface area contributed by atoms with E-state index in [0.29, 0.717) is 9.90 Å². The summed E-state index contributed by atoms with van der Waals surface area (Å²) in [5.41, 5.74) is 0. The van der Waals surface area contributed by atoms with Crippen LogP contribution in [0, 0.1) is 18.3 Å². The number of aryl methyl sites for hydroxylation is 1. The lowest BCUT2D eigenvalue weighted by molar-refractivity contribution is 0.0962. The lowest BCUT2D eigenvalue weighted by atomic mass is 10.4. The first kappa shape index (κ1) is 10.0. The van der Waals surface area contributed by atoms with Gasteiger partial charge in [-0.25, -0.2) is 0 Å². The van der Waals surface area contributed by atoms with Gasteiger partial charge in [0.2, 0.25) is 0 Å². The minimum absolute atomic E-state index is 0.0212. The van der Waals surface area contributed by atoms with Crippen LogP contribution in [0.25, 0.3) is 0 Å². The number of halogens is 1. The van der Waals surface area contributed by atoms with Gasteiger partial charge in [-0.2, -0.15) is 5.26 Å². The summed E-state index contributed by atoms with van der Waals surface area (Å²) in [4.78, 5) is 12.7. The van der Waals surface area contributed by atoms with Crippen LogP contribution in [0.15, 0.2) is 6.07 Å². The quantitative estimate of drug-likeness (QED) is 0.766. The topological polar surface area (TPSA) is 52.9 Å². The number of amides is 1. The van der Waals surface area contributed by atoms with Crippen molar-refractivity contribution < 1.29 is 4.79 Å². The highest BCUT2D eigenvalue weighted by atomic mass is 35.5. The van der Waals surface area contributed by atoms with Crippen LogP contribution in [0.4, 0.5) is 0 Å². The third-order valence-corrected chi connectivity index (χ3v) is 2.96. The summed E-state index contributed by atoms with van der Waals surface area (Å²) >= 11 is 7.09. The van der Waals surface area contributed by atoms with Crippen molar-refractivity contribution in [1.82, 2.24) is 5.32 Å². The molecule has 13 heavy (non-hydrogen) atoms. The molecular weight excluding hydrogens is 208 g/mol. The van der Waals surface area contributed by atoms with Crippen molar-refractivity contribution in [2.24, 2.45) is 0 Å². The fraction of sp³-hybridized carbons (Fsp3) is 0.250. The normalized spacial score (nSPS) is 9.31. The fourth-order valence-electron chi connectivity index (χ4n) is 0.779. The Kier molecular flexibility index (Phi) is 3.29. The highest BCUT2D eigenvalue weighted by molar-refractivity contribution is 7.14. The molecule has 0 aliphatic heterocycles. The van der Waals surface area contributed by atoms with Gasteiger partial charge in [0.1, 0.15) is 6.54 Å². The largest absolute Gasteiger partial charge is 0.338 e. The second-order valence-electron chi connectivity index (χ2n) is 2.36. The summed E-state index contributed by atoms with van der Waals surface area (Å²) in [5.74, 6) is -0.249. The van der Waals surface area contributed by atoms with E-state index in [1.54, 1.807) is 6.07 Å². The maximum Gasteiger partial charge on any atom is 0.262 e. The van der Waals surface area contributed by atoms with Gasteiger partial charge in [-0.3, -0.25) is 4.79 Å². The lowest BCUT2D eigenvalue weighted by Crippen LogP contribution is -2.22. The number of hydrogen-bond acceptors (Lipinski definition) is 3. The summed E-state index contributed by atoms with van der Waals surface area (Å²) in [6.45, 7) is 1.86. The van der Waals surface area contributed by atoms with Crippen LogP contribution >= 0.6 is 22.9 Å². The maximum absolute atomic E-state index is 11.3. The number of hydrogen-bond donors (Lipinski definition) is 1. The molecule has 0 aliphatic rings. The Labute approximate surface area is 84.9 Å². The van der Waals surface area contributed by atoms with Gasteiger partial charge in [-0.05, 0) is 13.0 Å². The van der Waals surface area contributed by atoms with Crippen molar-refractivity contribution in [2.75, 3.05) is 6.54 Å². The number of nitrogens with one attached hydrogen (secondary N) is 1. The summed E-state index contributed by atoms with van der Waals surface area (Å²) in [6.07, 6.45) is 0. The Hall–Kier alpha value is -1.05. The van der Waals surface area contributed by atoms with Crippen LogP contribution in [-0.2, 0) is 0 Å². The molecule has 0 aliphatic carbocycles. The average molecular weight is 215 g/mol. The van der Waals surface area contributed by atoms with E-state index in [1.807, 2.05) is 13.0 Å². The van der Waals surface area contributed by atoms with Crippen molar-refractivity contribution >= 4 is 28.8 Å². The first-order chi connectivity index (χ1) is 6.15. The highest BCUT2D eigenvalue weighted by Gasteiger charge is 2.09. The second kappa shape index (κ2) is 4.26. The van der Waals surface area contributed by atoms with E-state index < -0.39 is 0 Å². The number of carbonyl (C=O) groups is 1. The number of carbonyl (C=O) groups excluding carboxylic acids is 1. The zero-order valence-electron chi connectivity index (χ0n) is 6.93. The Morgan fingerprint density at radius 3 is 3.00 bits per heavy atom. The Bertz CT molecular complexity index is 347. The highest BCUT2D eigenvalue weighted by Crippen LogP contribution is 2.25. The molecule has 0 atom stereocenters. The lowest BCUT2D eigenvalue weighted by Gasteiger charge is -1.94. The van der Waals surface area contributed by atoms with Crippen molar-refractivity contribution in [1.29, 1.82) is 5.26 Å². The molecule has 0 unspecified atom stereocenters. The maximum atomic E-state index is 11.3. The first-order valence-corrected chi connectivity index (χ1v) is 4.75. The second-order valence-corrected chi connectivity index (χ2v) is 4.02. The van der Waals surface area contributed by atoms with E-state index >= 15 is 0 Å². The molecule has 0 spiro atoms. The number of thiophene rings is 1. The van der Waals surface area contributed by atoms with E-state index in [-0.39, 0.29) is 12.5 Å². The van der Waals surface area contributed by atoms with E-state index in [1.165, 1.54) is 11.3 Å². The third kappa shape index (κ3) is 2.44. The van der Waals surface area contributed by atoms with Crippen molar-refractivity contribution in [2.45, 2.75) is 6.92 Å². The summed E-state index contributed by atoms with van der Waals surface area (Å²) in [6, 6.07) is 3.43. The van der Waals surface area contributed by atoms with Gasteiger partial charge in [-0.1, -0.05) is 11.6 Å². The molecule has 1 heterocycles. The number of nitrogens with zero attached hydrogens (tertiary/aromatic N) is 1. The summed E-state index contributed by atoms with van der Waals surface area (Å²) < 4.78 is 0. The zero-order valence-corrected chi connectivity index (χ0v) is 8.50.